The van der Waals surface area contributed by atoms with Gasteiger partial charge < -0.3 is 5.32 Å². The van der Waals surface area contributed by atoms with Gasteiger partial charge in [-0.2, -0.15) is 0 Å². The van der Waals surface area contributed by atoms with E-state index in [1.54, 1.807) is 11.3 Å². The van der Waals surface area contributed by atoms with E-state index in [0.717, 1.165) is 28.0 Å². The molecular weight excluding hydrogens is 353 g/mol. The molecule has 1 nitrogen and oxygen atoms in total. The Hall–Kier alpha value is -0.0600. The van der Waals surface area contributed by atoms with Crippen LogP contribution in [0.3, 0.4) is 0 Å². The van der Waals surface area contributed by atoms with Gasteiger partial charge in [-0.15, -0.1) is 11.3 Å². The smallest absolute Gasteiger partial charge is 0.0740 e. The minimum absolute atomic E-state index is 0.566. The van der Waals surface area contributed by atoms with Gasteiger partial charge in [0.15, 0.2) is 0 Å². The molecule has 1 heterocycles. The van der Waals surface area contributed by atoms with E-state index in [2.05, 4.69) is 40.3 Å². The highest BCUT2D eigenvalue weighted by atomic mass is 79.9. The van der Waals surface area contributed by atoms with Gasteiger partial charge in [-0.25, -0.2) is 0 Å². The van der Waals surface area contributed by atoms with Gasteiger partial charge in [0.05, 0.1) is 10.0 Å². The standard InChI is InChI=1S/C13H12BrCl2NS/c1-2-17-7-8-3-6-11(18-8)9-4-5-10(14)13(16)12(9)15/h3-6,17H,2,7H2,1H3. The molecule has 2 aromatic rings. The van der Waals surface area contributed by atoms with Crippen LogP contribution in [0.4, 0.5) is 0 Å². The van der Waals surface area contributed by atoms with E-state index < -0.39 is 0 Å². The van der Waals surface area contributed by atoms with Gasteiger partial charge in [0.1, 0.15) is 0 Å². The van der Waals surface area contributed by atoms with Crippen molar-refractivity contribution in [3.63, 3.8) is 0 Å². The first-order valence-corrected chi connectivity index (χ1v) is 7.93. The zero-order chi connectivity index (χ0) is 13.1. The van der Waals surface area contributed by atoms with Gasteiger partial charge in [0.2, 0.25) is 0 Å². The highest BCUT2D eigenvalue weighted by Crippen LogP contribution is 2.40. The van der Waals surface area contributed by atoms with Crippen LogP contribution in [0.5, 0.6) is 0 Å². The number of thiophene rings is 1. The highest BCUT2D eigenvalue weighted by Gasteiger charge is 2.11. The first kappa shape index (κ1) is 14.4. The van der Waals surface area contributed by atoms with E-state index in [4.69, 9.17) is 23.2 Å². The third-order valence-electron chi connectivity index (χ3n) is 2.51. The Bertz CT molecular complexity index is 554. The second-order valence-corrected chi connectivity index (χ2v) is 6.55. The Morgan fingerprint density at radius 1 is 1.17 bits per heavy atom. The minimum atomic E-state index is 0.566. The molecule has 0 amide bonds. The predicted octanol–water partition coefficient (Wildman–Crippen LogP) is 5.59. The Morgan fingerprint density at radius 2 is 1.94 bits per heavy atom. The van der Waals surface area contributed by atoms with Crippen LogP contribution in [0.1, 0.15) is 11.8 Å². The molecule has 0 radical (unpaired) electrons. The molecular formula is C13H12BrCl2NS. The molecule has 0 aliphatic heterocycles. The molecule has 2 rings (SSSR count). The number of benzene rings is 1. The maximum atomic E-state index is 6.28. The van der Waals surface area contributed by atoms with E-state index >= 15 is 0 Å². The molecule has 0 aliphatic carbocycles. The second kappa shape index (κ2) is 6.40. The summed E-state index contributed by atoms with van der Waals surface area (Å²) in [7, 11) is 0. The Kier molecular flexibility index (Phi) is 5.10. The molecule has 0 fully saturated rings. The maximum Gasteiger partial charge on any atom is 0.0740 e. The number of hydrogen-bond donors (Lipinski definition) is 1. The van der Waals surface area contributed by atoms with Crippen LogP contribution in [-0.2, 0) is 6.54 Å². The molecule has 96 valence electrons. The summed E-state index contributed by atoms with van der Waals surface area (Å²) in [5, 5.41) is 4.47. The fraction of sp³-hybridized carbons (Fsp3) is 0.231. The van der Waals surface area contributed by atoms with Crippen molar-refractivity contribution >= 4 is 50.5 Å². The normalized spacial score (nSPS) is 10.9. The summed E-state index contributed by atoms with van der Waals surface area (Å²) in [5.74, 6) is 0. The van der Waals surface area contributed by atoms with Crippen LogP contribution >= 0.6 is 50.5 Å². The minimum Gasteiger partial charge on any atom is -0.312 e. The third kappa shape index (κ3) is 3.09. The lowest BCUT2D eigenvalue weighted by Gasteiger charge is -2.05. The zero-order valence-electron chi connectivity index (χ0n) is 9.77. The summed E-state index contributed by atoms with van der Waals surface area (Å²) in [5.41, 5.74) is 0.984. The molecule has 0 bridgehead atoms. The first-order chi connectivity index (χ1) is 8.63. The van der Waals surface area contributed by atoms with Crippen LogP contribution in [-0.4, -0.2) is 6.54 Å². The van der Waals surface area contributed by atoms with Crippen molar-refractivity contribution in [3.05, 3.63) is 43.7 Å². The zero-order valence-corrected chi connectivity index (χ0v) is 13.7. The van der Waals surface area contributed by atoms with Crippen LogP contribution in [0.15, 0.2) is 28.7 Å². The van der Waals surface area contributed by atoms with Gasteiger partial charge in [-0.3, -0.25) is 0 Å². The third-order valence-corrected chi connectivity index (χ3v) is 5.40. The van der Waals surface area contributed by atoms with E-state index in [0.29, 0.717) is 10.0 Å². The van der Waals surface area contributed by atoms with Crippen molar-refractivity contribution in [3.8, 4) is 10.4 Å². The number of nitrogens with one attached hydrogen (secondary N) is 1. The van der Waals surface area contributed by atoms with Gasteiger partial charge in [-0.1, -0.05) is 36.2 Å². The Balaban J connectivity index is 2.31. The topological polar surface area (TPSA) is 12.0 Å². The average molecular weight is 365 g/mol. The molecule has 1 aromatic heterocycles. The lowest BCUT2D eigenvalue weighted by molar-refractivity contribution is 0.735. The Labute approximate surface area is 129 Å². The first-order valence-electron chi connectivity index (χ1n) is 5.56. The average Bonchev–Trinajstić information content (AvgIpc) is 2.82. The highest BCUT2D eigenvalue weighted by molar-refractivity contribution is 9.10. The SMILES string of the molecule is CCNCc1ccc(-c2ccc(Br)c(Cl)c2Cl)s1. The summed E-state index contributed by atoms with van der Waals surface area (Å²) in [4.78, 5) is 2.43. The lowest BCUT2D eigenvalue weighted by Crippen LogP contribution is -2.10. The monoisotopic (exact) mass is 363 g/mol. The van der Waals surface area contributed by atoms with Crippen molar-refractivity contribution < 1.29 is 0 Å². The molecule has 0 saturated carbocycles. The molecule has 0 aliphatic rings. The van der Waals surface area contributed by atoms with Crippen molar-refractivity contribution in [1.82, 2.24) is 5.32 Å². The molecule has 0 atom stereocenters. The van der Waals surface area contributed by atoms with Crippen molar-refractivity contribution in [1.29, 1.82) is 0 Å². The second-order valence-electron chi connectivity index (χ2n) is 3.77. The fourth-order valence-electron chi connectivity index (χ4n) is 1.58. The Morgan fingerprint density at radius 3 is 2.67 bits per heavy atom. The maximum absolute atomic E-state index is 6.28. The van der Waals surface area contributed by atoms with Crippen molar-refractivity contribution in [2.75, 3.05) is 6.54 Å². The van der Waals surface area contributed by atoms with Crippen molar-refractivity contribution in [2.24, 2.45) is 0 Å². The summed E-state index contributed by atoms with van der Waals surface area (Å²) in [6, 6.07) is 8.12. The van der Waals surface area contributed by atoms with E-state index in [-0.39, 0.29) is 0 Å². The van der Waals surface area contributed by atoms with Gasteiger partial charge in [0, 0.05) is 26.3 Å². The van der Waals surface area contributed by atoms with E-state index in [1.807, 2.05) is 12.1 Å². The largest absolute Gasteiger partial charge is 0.312 e. The van der Waals surface area contributed by atoms with E-state index in [9.17, 15) is 0 Å². The molecule has 1 aromatic carbocycles. The van der Waals surface area contributed by atoms with E-state index in [1.165, 1.54) is 4.88 Å². The van der Waals surface area contributed by atoms with Crippen LogP contribution < -0.4 is 5.32 Å². The number of halogens is 3. The molecule has 18 heavy (non-hydrogen) atoms. The quantitative estimate of drug-likeness (QED) is 0.696. The summed E-state index contributed by atoms with van der Waals surface area (Å²) in [6.07, 6.45) is 0. The molecule has 0 unspecified atom stereocenters. The van der Waals surface area contributed by atoms with Gasteiger partial charge in [0.25, 0.3) is 0 Å². The van der Waals surface area contributed by atoms with Crippen molar-refractivity contribution in [2.45, 2.75) is 13.5 Å². The molecule has 1 N–H and O–H groups in total. The summed E-state index contributed by atoms with van der Waals surface area (Å²) >= 11 is 17.5. The number of rotatable bonds is 4. The molecule has 5 heteroatoms. The lowest BCUT2D eigenvalue weighted by atomic mass is 10.2. The molecule has 0 spiro atoms. The van der Waals surface area contributed by atoms with Crippen LogP contribution in [0.2, 0.25) is 10.0 Å². The number of hydrogen-bond acceptors (Lipinski definition) is 2. The van der Waals surface area contributed by atoms with Gasteiger partial charge >= 0.3 is 0 Å². The molecule has 0 saturated heterocycles. The van der Waals surface area contributed by atoms with Gasteiger partial charge in [-0.05, 0) is 40.7 Å². The summed E-state index contributed by atoms with van der Waals surface area (Å²) in [6.45, 7) is 3.96. The van der Waals surface area contributed by atoms with Crippen LogP contribution in [0.25, 0.3) is 10.4 Å². The predicted molar refractivity (Wildman–Crippen MR) is 84.9 cm³/mol. The van der Waals surface area contributed by atoms with Crippen LogP contribution in [0, 0.1) is 0 Å². The fourth-order valence-corrected chi connectivity index (χ4v) is 3.52. The summed E-state index contributed by atoms with van der Waals surface area (Å²) < 4.78 is 0.822.